The summed E-state index contributed by atoms with van der Waals surface area (Å²) in [5.74, 6) is -0.378. The second-order valence-corrected chi connectivity index (χ2v) is 4.81. The van der Waals surface area contributed by atoms with Gasteiger partial charge in [-0.15, -0.1) is 0 Å². The predicted octanol–water partition coefficient (Wildman–Crippen LogP) is 3.62. The molecule has 0 radical (unpaired) electrons. The van der Waals surface area contributed by atoms with Crippen molar-refractivity contribution in [3.05, 3.63) is 56.2 Å². The van der Waals surface area contributed by atoms with E-state index in [1.54, 1.807) is 0 Å². The Kier molecular flexibility index (Phi) is 3.80. The van der Waals surface area contributed by atoms with Gasteiger partial charge in [-0.05, 0) is 38.5 Å². The van der Waals surface area contributed by atoms with Gasteiger partial charge in [-0.25, -0.2) is 0 Å². The minimum atomic E-state index is -4.42. The van der Waals surface area contributed by atoms with Crippen LogP contribution >= 0.6 is 15.9 Å². The summed E-state index contributed by atoms with van der Waals surface area (Å²) in [5, 5.41) is 14.3. The molecule has 0 aliphatic rings. The highest BCUT2D eigenvalue weighted by Crippen LogP contribution is 2.30. The van der Waals surface area contributed by atoms with Crippen LogP contribution < -0.4 is 0 Å². The quantitative estimate of drug-likeness (QED) is 0.628. The number of hydrogen-bond acceptors (Lipinski definition) is 3. The van der Waals surface area contributed by atoms with Crippen molar-refractivity contribution < 1.29 is 18.1 Å². The SMILES string of the molecule is O=[N+]([O-])c1nn(Cc2cccc(C(F)(F)F)c2)cc1Br. The van der Waals surface area contributed by atoms with E-state index in [4.69, 9.17) is 0 Å². The van der Waals surface area contributed by atoms with E-state index in [0.717, 1.165) is 12.1 Å². The Balaban J connectivity index is 2.26. The molecule has 0 atom stereocenters. The van der Waals surface area contributed by atoms with Crippen LogP contribution in [0.4, 0.5) is 19.0 Å². The molecule has 0 spiro atoms. The molecule has 0 saturated heterocycles. The monoisotopic (exact) mass is 349 g/mol. The zero-order chi connectivity index (χ0) is 14.9. The standard InChI is InChI=1S/C11H7BrF3N3O2/c12-9-6-17(16-10(9)18(19)20)5-7-2-1-3-8(4-7)11(13,14)15/h1-4,6H,5H2. The molecule has 2 rings (SSSR count). The average molecular weight is 350 g/mol. The van der Waals surface area contributed by atoms with Gasteiger partial charge in [0.2, 0.25) is 0 Å². The molecule has 5 nitrogen and oxygen atoms in total. The lowest BCUT2D eigenvalue weighted by molar-refractivity contribution is -0.390. The van der Waals surface area contributed by atoms with Crippen molar-refractivity contribution in [2.75, 3.05) is 0 Å². The summed E-state index contributed by atoms with van der Waals surface area (Å²) in [4.78, 5) is 9.95. The van der Waals surface area contributed by atoms with Gasteiger partial charge < -0.3 is 10.1 Å². The summed E-state index contributed by atoms with van der Waals surface area (Å²) >= 11 is 2.97. The first-order valence-corrected chi connectivity index (χ1v) is 6.10. The van der Waals surface area contributed by atoms with E-state index < -0.39 is 16.7 Å². The third kappa shape index (κ3) is 3.16. The summed E-state index contributed by atoms with van der Waals surface area (Å²) in [6, 6.07) is 4.73. The van der Waals surface area contributed by atoms with Crippen molar-refractivity contribution in [1.29, 1.82) is 0 Å². The molecular formula is C11H7BrF3N3O2. The number of nitrogens with zero attached hydrogens (tertiary/aromatic N) is 3. The molecule has 1 aromatic heterocycles. The molecule has 0 fully saturated rings. The largest absolute Gasteiger partial charge is 0.416 e. The van der Waals surface area contributed by atoms with Gasteiger partial charge >= 0.3 is 12.0 Å². The Morgan fingerprint density at radius 1 is 1.40 bits per heavy atom. The number of aromatic nitrogens is 2. The number of benzene rings is 1. The van der Waals surface area contributed by atoms with Gasteiger partial charge in [-0.2, -0.15) is 17.9 Å². The van der Waals surface area contributed by atoms with Crippen LogP contribution in [0.1, 0.15) is 11.1 Å². The highest BCUT2D eigenvalue weighted by molar-refractivity contribution is 9.10. The molecule has 1 heterocycles. The second-order valence-electron chi connectivity index (χ2n) is 3.95. The molecule has 106 valence electrons. The first-order valence-electron chi connectivity index (χ1n) is 5.31. The third-order valence-corrected chi connectivity index (χ3v) is 3.03. The van der Waals surface area contributed by atoms with Gasteiger partial charge in [0, 0.05) is 0 Å². The molecule has 0 aliphatic carbocycles. The first-order chi connectivity index (χ1) is 9.27. The fraction of sp³-hybridized carbons (Fsp3) is 0.182. The molecule has 0 N–H and O–H groups in total. The molecule has 0 aliphatic heterocycles. The number of hydrogen-bond donors (Lipinski definition) is 0. The van der Waals surface area contributed by atoms with E-state index in [2.05, 4.69) is 21.0 Å². The normalized spacial score (nSPS) is 11.6. The minimum absolute atomic E-state index is 0.0103. The Hall–Kier alpha value is -1.90. The summed E-state index contributed by atoms with van der Waals surface area (Å²) in [7, 11) is 0. The highest BCUT2D eigenvalue weighted by Gasteiger charge is 2.30. The van der Waals surface area contributed by atoms with Crippen molar-refractivity contribution >= 4 is 21.7 Å². The van der Waals surface area contributed by atoms with E-state index in [0.29, 0.717) is 5.56 Å². The van der Waals surface area contributed by atoms with Gasteiger partial charge in [0.15, 0.2) is 0 Å². The van der Waals surface area contributed by atoms with Crippen molar-refractivity contribution in [2.24, 2.45) is 0 Å². The van der Waals surface area contributed by atoms with Crippen LogP contribution in [0.5, 0.6) is 0 Å². The molecule has 0 bridgehead atoms. The van der Waals surface area contributed by atoms with Gasteiger partial charge in [-0.3, -0.25) is 0 Å². The van der Waals surface area contributed by atoms with Gasteiger partial charge in [0.05, 0.1) is 23.4 Å². The third-order valence-electron chi connectivity index (χ3n) is 2.47. The molecule has 2 aromatic rings. The minimum Gasteiger partial charge on any atom is -0.358 e. The fourth-order valence-corrected chi connectivity index (χ4v) is 2.09. The van der Waals surface area contributed by atoms with Crippen LogP contribution in [0.2, 0.25) is 0 Å². The molecule has 9 heteroatoms. The topological polar surface area (TPSA) is 61.0 Å². The van der Waals surface area contributed by atoms with Crippen LogP contribution in [0, 0.1) is 10.1 Å². The summed E-state index contributed by atoms with van der Waals surface area (Å²) in [5.41, 5.74) is -0.416. The molecule has 0 unspecified atom stereocenters. The first kappa shape index (κ1) is 14.5. The zero-order valence-electron chi connectivity index (χ0n) is 9.76. The number of nitro groups is 1. The van der Waals surface area contributed by atoms with Crippen molar-refractivity contribution in [3.8, 4) is 0 Å². The van der Waals surface area contributed by atoms with Crippen LogP contribution in [0.3, 0.4) is 0 Å². The van der Waals surface area contributed by atoms with E-state index in [9.17, 15) is 23.3 Å². The van der Waals surface area contributed by atoms with Crippen LogP contribution in [0.25, 0.3) is 0 Å². The maximum absolute atomic E-state index is 12.6. The second kappa shape index (κ2) is 5.23. The Morgan fingerprint density at radius 3 is 2.65 bits per heavy atom. The molecule has 0 amide bonds. The average Bonchev–Trinajstić information content (AvgIpc) is 2.69. The fourth-order valence-electron chi connectivity index (χ4n) is 1.62. The highest BCUT2D eigenvalue weighted by atomic mass is 79.9. The molecule has 1 aromatic carbocycles. The van der Waals surface area contributed by atoms with E-state index >= 15 is 0 Å². The molecule has 20 heavy (non-hydrogen) atoms. The van der Waals surface area contributed by atoms with Crippen molar-refractivity contribution in [3.63, 3.8) is 0 Å². The van der Waals surface area contributed by atoms with E-state index in [1.165, 1.54) is 23.0 Å². The van der Waals surface area contributed by atoms with Crippen molar-refractivity contribution in [2.45, 2.75) is 12.7 Å². The lowest BCUT2D eigenvalue weighted by atomic mass is 10.1. The number of alkyl halides is 3. The Bertz CT molecular complexity index is 655. The summed E-state index contributed by atoms with van der Waals surface area (Å²) < 4.78 is 39.1. The molecular weight excluding hydrogens is 343 g/mol. The van der Waals surface area contributed by atoms with Crippen molar-refractivity contribution in [1.82, 2.24) is 9.78 Å². The van der Waals surface area contributed by atoms with Crippen LogP contribution in [-0.4, -0.2) is 14.7 Å². The molecule has 0 saturated carbocycles. The predicted molar refractivity (Wildman–Crippen MR) is 67.1 cm³/mol. The van der Waals surface area contributed by atoms with Gasteiger partial charge in [-0.1, -0.05) is 12.1 Å². The lowest BCUT2D eigenvalue weighted by Crippen LogP contribution is -2.07. The summed E-state index contributed by atoms with van der Waals surface area (Å²) in [6.45, 7) is 0.0103. The van der Waals surface area contributed by atoms with Crippen LogP contribution in [-0.2, 0) is 12.7 Å². The zero-order valence-corrected chi connectivity index (χ0v) is 11.3. The van der Waals surface area contributed by atoms with E-state index in [1.807, 2.05) is 0 Å². The number of halogens is 4. The van der Waals surface area contributed by atoms with Gasteiger partial charge in [0.1, 0.15) is 4.47 Å². The summed E-state index contributed by atoms with van der Waals surface area (Å²) in [6.07, 6.45) is -3.08. The van der Waals surface area contributed by atoms with Gasteiger partial charge in [0.25, 0.3) is 0 Å². The maximum atomic E-state index is 12.6. The van der Waals surface area contributed by atoms with E-state index in [-0.39, 0.29) is 16.8 Å². The Morgan fingerprint density at radius 2 is 2.10 bits per heavy atom. The number of rotatable bonds is 3. The lowest BCUT2D eigenvalue weighted by Gasteiger charge is -2.07. The Labute approximate surface area is 119 Å². The van der Waals surface area contributed by atoms with Crippen LogP contribution in [0.15, 0.2) is 34.9 Å². The maximum Gasteiger partial charge on any atom is 0.416 e. The smallest absolute Gasteiger partial charge is 0.358 e.